The van der Waals surface area contributed by atoms with Crippen LogP contribution < -0.4 is 9.80 Å². The van der Waals surface area contributed by atoms with Crippen molar-refractivity contribution < 1.29 is 9.53 Å². The molecule has 1 unspecified atom stereocenters. The third-order valence-electron chi connectivity index (χ3n) is 4.24. The molecule has 0 N–H and O–H groups in total. The number of rotatable bonds is 3. The normalized spacial score (nSPS) is 22.2. The van der Waals surface area contributed by atoms with E-state index in [0.29, 0.717) is 6.61 Å². The Morgan fingerprint density at radius 3 is 2.50 bits per heavy atom. The maximum atomic E-state index is 12.3. The second kappa shape index (κ2) is 5.83. The number of benzene rings is 1. The van der Waals surface area contributed by atoms with Gasteiger partial charge >= 0.3 is 0 Å². The van der Waals surface area contributed by atoms with Gasteiger partial charge in [0.15, 0.2) is 0 Å². The molecule has 1 aromatic rings. The lowest BCUT2D eigenvalue weighted by atomic mass is 10.2. The minimum Gasteiger partial charge on any atom is -0.372 e. The van der Waals surface area contributed by atoms with E-state index in [1.54, 1.807) is 4.90 Å². The van der Waals surface area contributed by atoms with Crippen LogP contribution in [0.1, 0.15) is 25.7 Å². The first kappa shape index (κ1) is 13.4. The zero-order valence-electron chi connectivity index (χ0n) is 12.0. The lowest BCUT2D eigenvalue weighted by Crippen LogP contribution is -2.36. The first-order valence-corrected chi connectivity index (χ1v) is 7.50. The van der Waals surface area contributed by atoms with Crippen molar-refractivity contribution in [3.05, 3.63) is 24.3 Å². The number of likely N-dealkylation sites (N-methyl/N-ethyl adjacent to an activating group) is 1. The van der Waals surface area contributed by atoms with Crippen molar-refractivity contribution >= 4 is 17.3 Å². The van der Waals surface area contributed by atoms with Gasteiger partial charge in [0, 0.05) is 38.1 Å². The van der Waals surface area contributed by atoms with Gasteiger partial charge in [-0.3, -0.25) is 4.79 Å². The molecule has 20 heavy (non-hydrogen) atoms. The molecule has 2 heterocycles. The maximum Gasteiger partial charge on any atom is 0.255 e. The lowest BCUT2D eigenvalue weighted by Gasteiger charge is -2.22. The summed E-state index contributed by atoms with van der Waals surface area (Å²) in [6, 6.07) is 8.28. The Hall–Kier alpha value is -1.55. The molecule has 108 valence electrons. The van der Waals surface area contributed by atoms with E-state index < -0.39 is 0 Å². The Morgan fingerprint density at radius 2 is 1.90 bits per heavy atom. The van der Waals surface area contributed by atoms with Gasteiger partial charge < -0.3 is 14.5 Å². The van der Waals surface area contributed by atoms with Crippen LogP contribution in [0.3, 0.4) is 0 Å². The van der Waals surface area contributed by atoms with Crippen LogP contribution in [0.15, 0.2) is 24.3 Å². The third kappa shape index (κ3) is 2.66. The second-order valence-corrected chi connectivity index (χ2v) is 5.61. The molecule has 1 amide bonds. The van der Waals surface area contributed by atoms with Crippen molar-refractivity contribution in [2.75, 3.05) is 36.5 Å². The quantitative estimate of drug-likeness (QED) is 0.848. The van der Waals surface area contributed by atoms with E-state index in [1.165, 1.54) is 18.5 Å². The van der Waals surface area contributed by atoms with Crippen molar-refractivity contribution in [3.8, 4) is 0 Å². The first-order valence-electron chi connectivity index (χ1n) is 7.50. The fourth-order valence-electron chi connectivity index (χ4n) is 2.98. The van der Waals surface area contributed by atoms with Crippen LogP contribution in [-0.4, -0.2) is 38.8 Å². The third-order valence-corrected chi connectivity index (χ3v) is 4.24. The molecule has 0 saturated carbocycles. The number of hydrogen-bond donors (Lipinski definition) is 0. The van der Waals surface area contributed by atoms with Crippen LogP contribution >= 0.6 is 0 Å². The molecule has 2 aliphatic heterocycles. The molecule has 3 rings (SSSR count). The number of ether oxygens (including phenoxy) is 1. The summed E-state index contributed by atoms with van der Waals surface area (Å²) in [6.07, 6.45) is 4.13. The SMILES string of the molecule is CN(C(=O)C1CCCO1)c1ccc(N2CCCC2)cc1. The van der Waals surface area contributed by atoms with Crippen molar-refractivity contribution in [2.24, 2.45) is 0 Å². The molecule has 0 bridgehead atoms. The minimum atomic E-state index is -0.252. The monoisotopic (exact) mass is 274 g/mol. The van der Waals surface area contributed by atoms with Crippen LogP contribution in [0.5, 0.6) is 0 Å². The Kier molecular flexibility index (Phi) is 3.92. The smallest absolute Gasteiger partial charge is 0.255 e. The number of hydrogen-bond acceptors (Lipinski definition) is 3. The number of nitrogens with zero attached hydrogens (tertiary/aromatic N) is 2. The van der Waals surface area contributed by atoms with Gasteiger partial charge in [-0.05, 0) is 49.9 Å². The van der Waals surface area contributed by atoms with Crippen molar-refractivity contribution in [2.45, 2.75) is 31.8 Å². The Bertz CT molecular complexity index is 460. The molecule has 2 saturated heterocycles. The molecule has 1 atom stereocenters. The summed E-state index contributed by atoms with van der Waals surface area (Å²) in [7, 11) is 1.83. The largest absolute Gasteiger partial charge is 0.372 e. The topological polar surface area (TPSA) is 32.8 Å². The zero-order valence-corrected chi connectivity index (χ0v) is 12.0. The average molecular weight is 274 g/mol. The highest BCUT2D eigenvalue weighted by molar-refractivity contribution is 5.96. The number of anilines is 2. The van der Waals surface area contributed by atoms with Gasteiger partial charge in [0.05, 0.1) is 0 Å². The molecule has 0 spiro atoms. The molecule has 0 radical (unpaired) electrons. The summed E-state index contributed by atoms with van der Waals surface area (Å²) in [5, 5.41) is 0. The van der Waals surface area contributed by atoms with E-state index in [-0.39, 0.29) is 12.0 Å². The summed E-state index contributed by atoms with van der Waals surface area (Å²) >= 11 is 0. The van der Waals surface area contributed by atoms with Crippen molar-refractivity contribution in [3.63, 3.8) is 0 Å². The van der Waals surface area contributed by atoms with Crippen molar-refractivity contribution in [1.29, 1.82) is 0 Å². The fraction of sp³-hybridized carbons (Fsp3) is 0.562. The lowest BCUT2D eigenvalue weighted by molar-refractivity contribution is -0.127. The fourth-order valence-corrected chi connectivity index (χ4v) is 2.98. The van der Waals surface area contributed by atoms with Crippen molar-refractivity contribution in [1.82, 2.24) is 0 Å². The maximum absolute atomic E-state index is 12.3. The van der Waals surface area contributed by atoms with E-state index in [0.717, 1.165) is 31.6 Å². The first-order chi connectivity index (χ1) is 9.75. The predicted molar refractivity (Wildman–Crippen MR) is 80.3 cm³/mol. The highest BCUT2D eigenvalue weighted by Gasteiger charge is 2.27. The van der Waals surface area contributed by atoms with Gasteiger partial charge in [-0.1, -0.05) is 0 Å². The van der Waals surface area contributed by atoms with Gasteiger partial charge in [-0.25, -0.2) is 0 Å². The number of carbonyl (C=O) groups excluding carboxylic acids is 1. The van der Waals surface area contributed by atoms with E-state index in [2.05, 4.69) is 17.0 Å². The van der Waals surface area contributed by atoms with Gasteiger partial charge in [-0.15, -0.1) is 0 Å². The summed E-state index contributed by atoms with van der Waals surface area (Å²) < 4.78 is 5.46. The zero-order chi connectivity index (χ0) is 13.9. The Labute approximate surface area is 120 Å². The molecular weight excluding hydrogens is 252 g/mol. The molecule has 4 nitrogen and oxygen atoms in total. The second-order valence-electron chi connectivity index (χ2n) is 5.61. The highest BCUT2D eigenvalue weighted by atomic mass is 16.5. The highest BCUT2D eigenvalue weighted by Crippen LogP contribution is 2.24. The van der Waals surface area contributed by atoms with E-state index >= 15 is 0 Å². The van der Waals surface area contributed by atoms with E-state index in [1.807, 2.05) is 19.2 Å². The molecular formula is C16H22N2O2. The molecule has 2 fully saturated rings. The van der Waals surface area contributed by atoms with Crippen LogP contribution in [0.4, 0.5) is 11.4 Å². The summed E-state index contributed by atoms with van der Waals surface area (Å²) in [6.45, 7) is 2.99. The van der Waals surface area contributed by atoms with Gasteiger partial charge in [-0.2, -0.15) is 0 Å². The molecule has 1 aromatic carbocycles. The molecule has 0 aliphatic carbocycles. The van der Waals surface area contributed by atoms with Gasteiger partial charge in [0.25, 0.3) is 5.91 Å². The average Bonchev–Trinajstić information content (AvgIpc) is 3.18. The van der Waals surface area contributed by atoms with Crippen LogP contribution in [0.25, 0.3) is 0 Å². The van der Waals surface area contributed by atoms with Crippen LogP contribution in [0.2, 0.25) is 0 Å². The van der Waals surface area contributed by atoms with Crippen LogP contribution in [0, 0.1) is 0 Å². The van der Waals surface area contributed by atoms with Crippen LogP contribution in [-0.2, 0) is 9.53 Å². The Morgan fingerprint density at radius 1 is 1.20 bits per heavy atom. The molecule has 2 aliphatic rings. The summed E-state index contributed by atoms with van der Waals surface area (Å²) in [5.74, 6) is 0.0661. The summed E-state index contributed by atoms with van der Waals surface area (Å²) in [5.41, 5.74) is 2.19. The standard InChI is InChI=1S/C16H22N2O2/c1-17(16(19)15-5-4-12-20-15)13-6-8-14(9-7-13)18-10-2-3-11-18/h6-9,15H,2-5,10-12H2,1H3. The molecule has 0 aromatic heterocycles. The Balaban J connectivity index is 1.68. The number of amides is 1. The molecule has 4 heteroatoms. The number of carbonyl (C=O) groups is 1. The minimum absolute atomic E-state index is 0.0661. The van der Waals surface area contributed by atoms with E-state index in [4.69, 9.17) is 4.74 Å². The van der Waals surface area contributed by atoms with Gasteiger partial charge in [0.1, 0.15) is 6.10 Å². The van der Waals surface area contributed by atoms with E-state index in [9.17, 15) is 4.79 Å². The summed E-state index contributed by atoms with van der Waals surface area (Å²) in [4.78, 5) is 16.4. The predicted octanol–water partition coefficient (Wildman–Crippen LogP) is 2.43. The van der Waals surface area contributed by atoms with Gasteiger partial charge in [0.2, 0.25) is 0 Å².